The van der Waals surface area contributed by atoms with Crippen molar-refractivity contribution in [1.82, 2.24) is 4.57 Å². The first-order valence-electron chi connectivity index (χ1n) is 11.0. The molecule has 172 valence electrons. The number of aromatic nitrogens is 1. The van der Waals surface area contributed by atoms with E-state index in [1.807, 2.05) is 50.2 Å². The van der Waals surface area contributed by atoms with Crippen LogP contribution in [0.15, 0.2) is 71.5 Å². The Kier molecular flexibility index (Phi) is 6.19. The molecule has 0 saturated carbocycles. The Morgan fingerprint density at radius 3 is 2.24 bits per heavy atom. The predicted octanol–water partition coefficient (Wildman–Crippen LogP) is 4.28. The summed E-state index contributed by atoms with van der Waals surface area (Å²) in [5.74, 6) is 1.08. The van der Waals surface area contributed by atoms with Crippen LogP contribution < -0.4 is 21.8 Å². The van der Waals surface area contributed by atoms with Crippen molar-refractivity contribution < 1.29 is 4.74 Å². The molecule has 34 heavy (non-hydrogen) atoms. The van der Waals surface area contributed by atoms with E-state index < -0.39 is 0 Å². The first-order chi connectivity index (χ1) is 16.3. The van der Waals surface area contributed by atoms with E-state index in [9.17, 15) is 4.79 Å². The molecular formula is C27H27N5O2. The van der Waals surface area contributed by atoms with Crippen molar-refractivity contribution in [1.29, 1.82) is 10.8 Å². The Morgan fingerprint density at radius 2 is 1.56 bits per heavy atom. The molecule has 0 aliphatic rings. The molecule has 1 aromatic heterocycles. The normalized spacial score (nSPS) is 10.9. The third-order valence-corrected chi connectivity index (χ3v) is 5.93. The number of benzene rings is 3. The zero-order chi connectivity index (χ0) is 24.4. The number of fused-ring (bicyclic) bond motifs is 1. The Balaban J connectivity index is 1.84. The van der Waals surface area contributed by atoms with Crippen molar-refractivity contribution in [2.45, 2.75) is 26.8 Å². The van der Waals surface area contributed by atoms with Gasteiger partial charge in [-0.15, -0.1) is 0 Å². The van der Waals surface area contributed by atoms with E-state index >= 15 is 0 Å². The lowest BCUT2D eigenvalue weighted by atomic mass is 10.0. The predicted molar refractivity (Wildman–Crippen MR) is 136 cm³/mol. The van der Waals surface area contributed by atoms with Gasteiger partial charge in [-0.3, -0.25) is 15.6 Å². The summed E-state index contributed by atoms with van der Waals surface area (Å²) in [5.41, 5.74) is 15.8. The molecule has 0 amide bonds. The molecule has 0 atom stereocenters. The summed E-state index contributed by atoms with van der Waals surface area (Å²) in [6.45, 7) is 4.29. The van der Waals surface area contributed by atoms with E-state index in [-0.39, 0.29) is 17.2 Å². The number of nitrogens with one attached hydrogen (secondary N) is 2. The maximum Gasteiger partial charge on any atom is 0.254 e. The highest BCUT2D eigenvalue weighted by molar-refractivity contribution is 5.95. The molecular weight excluding hydrogens is 426 g/mol. The molecule has 0 bridgehead atoms. The average Bonchev–Trinajstić information content (AvgIpc) is 2.82. The van der Waals surface area contributed by atoms with Gasteiger partial charge in [0.2, 0.25) is 0 Å². The van der Waals surface area contributed by atoms with Crippen LogP contribution in [0.4, 0.5) is 0 Å². The molecule has 0 saturated heterocycles. The first kappa shape index (κ1) is 22.8. The topological polar surface area (TPSA) is 131 Å². The molecule has 0 unspecified atom stereocenters. The number of nitrogens with two attached hydrogens (primary N) is 2. The highest BCUT2D eigenvalue weighted by atomic mass is 16.5. The fraction of sp³-hybridized carbons (Fsp3) is 0.148. The molecule has 4 rings (SSSR count). The van der Waals surface area contributed by atoms with Gasteiger partial charge in [0.1, 0.15) is 23.2 Å². The van der Waals surface area contributed by atoms with Gasteiger partial charge in [-0.1, -0.05) is 37.3 Å². The summed E-state index contributed by atoms with van der Waals surface area (Å²) in [5, 5.41) is 16.3. The number of ether oxygens (including phenoxy) is 1. The summed E-state index contributed by atoms with van der Waals surface area (Å²) < 4.78 is 7.81. The van der Waals surface area contributed by atoms with Crippen LogP contribution in [0.2, 0.25) is 0 Å². The Hall–Kier alpha value is -4.39. The van der Waals surface area contributed by atoms with E-state index in [2.05, 4.69) is 0 Å². The third kappa shape index (κ3) is 4.41. The second-order valence-corrected chi connectivity index (χ2v) is 8.18. The van der Waals surface area contributed by atoms with Gasteiger partial charge in [-0.25, -0.2) is 0 Å². The second kappa shape index (κ2) is 9.23. The van der Waals surface area contributed by atoms with Gasteiger partial charge in [0, 0.05) is 28.1 Å². The van der Waals surface area contributed by atoms with Crippen LogP contribution in [0.1, 0.15) is 34.7 Å². The number of nitrogens with zero attached hydrogens (tertiary/aromatic N) is 1. The van der Waals surface area contributed by atoms with Crippen LogP contribution >= 0.6 is 0 Å². The van der Waals surface area contributed by atoms with Crippen molar-refractivity contribution in [3.63, 3.8) is 0 Å². The minimum Gasteiger partial charge on any atom is -0.457 e. The monoisotopic (exact) mass is 453 g/mol. The fourth-order valence-electron chi connectivity index (χ4n) is 4.17. The number of aryl methyl sites for hydroxylation is 1. The number of nitrogen functional groups attached to an aromatic ring is 2. The SMILES string of the molecule is CCc1c(C)c2ccc(Oc3cccc(C(=N)N)c3)cc2n(Cc2cccc(C(=N)N)c2)c1=O. The van der Waals surface area contributed by atoms with E-state index in [0.717, 1.165) is 27.6 Å². The molecule has 3 aromatic carbocycles. The van der Waals surface area contributed by atoms with Crippen LogP contribution in [0, 0.1) is 17.7 Å². The van der Waals surface area contributed by atoms with Gasteiger partial charge >= 0.3 is 0 Å². The maximum atomic E-state index is 13.5. The minimum absolute atomic E-state index is 0.0133. The van der Waals surface area contributed by atoms with Gasteiger partial charge in [0.05, 0.1) is 12.1 Å². The second-order valence-electron chi connectivity index (χ2n) is 8.18. The van der Waals surface area contributed by atoms with Crippen LogP contribution in [0.25, 0.3) is 10.9 Å². The third-order valence-electron chi connectivity index (χ3n) is 5.93. The Morgan fingerprint density at radius 1 is 0.912 bits per heavy atom. The first-order valence-corrected chi connectivity index (χ1v) is 11.0. The summed E-state index contributed by atoms with van der Waals surface area (Å²) in [6.07, 6.45) is 0.629. The number of pyridine rings is 1. The van der Waals surface area contributed by atoms with Crippen LogP contribution in [-0.2, 0) is 13.0 Å². The van der Waals surface area contributed by atoms with Crippen molar-refractivity contribution in [2.24, 2.45) is 11.5 Å². The Labute approximate surface area is 197 Å². The lowest BCUT2D eigenvalue weighted by Gasteiger charge is -2.17. The highest BCUT2D eigenvalue weighted by Gasteiger charge is 2.15. The van der Waals surface area contributed by atoms with Crippen molar-refractivity contribution in [3.05, 3.63) is 105 Å². The van der Waals surface area contributed by atoms with Gasteiger partial charge < -0.3 is 20.8 Å². The average molecular weight is 454 g/mol. The standard InChI is InChI=1S/C27H27N5O2/c1-3-22-16(2)23-11-10-21(34-20-9-5-8-19(13-20)26(30)31)14-24(23)32(27(22)33)15-17-6-4-7-18(12-17)25(28)29/h4-14H,3,15H2,1-2H3,(H3,28,29)(H3,30,31). The molecule has 0 aliphatic heterocycles. The Bertz CT molecular complexity index is 1490. The van der Waals surface area contributed by atoms with Crippen LogP contribution in [-0.4, -0.2) is 16.2 Å². The lowest BCUT2D eigenvalue weighted by molar-refractivity contribution is 0.483. The van der Waals surface area contributed by atoms with E-state index in [4.69, 9.17) is 27.0 Å². The number of hydrogen-bond acceptors (Lipinski definition) is 4. The summed E-state index contributed by atoms with van der Waals surface area (Å²) in [4.78, 5) is 13.5. The van der Waals surface area contributed by atoms with Crippen molar-refractivity contribution in [3.8, 4) is 11.5 Å². The minimum atomic E-state index is -0.0449. The summed E-state index contributed by atoms with van der Waals surface area (Å²) in [7, 11) is 0. The molecule has 7 heteroatoms. The lowest BCUT2D eigenvalue weighted by Crippen LogP contribution is -2.26. The smallest absolute Gasteiger partial charge is 0.254 e. The van der Waals surface area contributed by atoms with Gasteiger partial charge in [0.25, 0.3) is 5.56 Å². The molecule has 0 fully saturated rings. The van der Waals surface area contributed by atoms with Crippen LogP contribution in [0.3, 0.4) is 0 Å². The molecule has 0 aliphatic carbocycles. The number of hydrogen-bond donors (Lipinski definition) is 4. The molecule has 1 heterocycles. The van der Waals surface area contributed by atoms with Gasteiger partial charge in [-0.2, -0.15) is 0 Å². The summed E-state index contributed by atoms with van der Waals surface area (Å²) >= 11 is 0. The fourth-order valence-corrected chi connectivity index (χ4v) is 4.17. The van der Waals surface area contributed by atoms with Gasteiger partial charge in [0.15, 0.2) is 0 Å². The van der Waals surface area contributed by atoms with Crippen molar-refractivity contribution >= 4 is 22.6 Å². The molecule has 0 radical (unpaired) electrons. The maximum absolute atomic E-state index is 13.5. The van der Waals surface area contributed by atoms with E-state index in [0.29, 0.717) is 35.6 Å². The van der Waals surface area contributed by atoms with Crippen molar-refractivity contribution in [2.75, 3.05) is 0 Å². The molecule has 7 nitrogen and oxygen atoms in total. The van der Waals surface area contributed by atoms with E-state index in [1.165, 1.54) is 0 Å². The molecule has 6 N–H and O–H groups in total. The molecule has 0 spiro atoms. The largest absolute Gasteiger partial charge is 0.457 e. The number of rotatable bonds is 7. The van der Waals surface area contributed by atoms with Crippen LogP contribution in [0.5, 0.6) is 11.5 Å². The van der Waals surface area contributed by atoms with Gasteiger partial charge in [-0.05, 0) is 54.8 Å². The number of amidine groups is 2. The highest BCUT2D eigenvalue weighted by Crippen LogP contribution is 2.29. The zero-order valence-corrected chi connectivity index (χ0v) is 19.2. The summed E-state index contributed by atoms with van der Waals surface area (Å²) in [6, 6.07) is 20.1. The quantitative estimate of drug-likeness (QED) is 0.246. The molecule has 4 aromatic rings. The zero-order valence-electron chi connectivity index (χ0n) is 19.2. The van der Waals surface area contributed by atoms with E-state index in [1.54, 1.807) is 34.9 Å².